The van der Waals surface area contributed by atoms with E-state index in [0.29, 0.717) is 11.6 Å². The Labute approximate surface area is 172 Å². The molecule has 0 aliphatic rings. The van der Waals surface area contributed by atoms with Gasteiger partial charge >= 0.3 is 0 Å². The van der Waals surface area contributed by atoms with Crippen molar-refractivity contribution in [1.29, 1.82) is 0 Å². The molecule has 0 aliphatic heterocycles. The summed E-state index contributed by atoms with van der Waals surface area (Å²) in [5.74, 6) is -1.12. The predicted octanol–water partition coefficient (Wildman–Crippen LogP) is 4.51. The number of aromatic amines is 1. The molecule has 2 N–H and O–H groups in total. The molecule has 152 valence electrons. The minimum Gasteiger partial charge on any atom is -0.322 e. The van der Waals surface area contributed by atoms with Gasteiger partial charge in [0, 0.05) is 16.3 Å². The highest BCUT2D eigenvalue weighted by Gasteiger charge is 2.11. The van der Waals surface area contributed by atoms with Crippen LogP contribution in [-0.2, 0) is 11.2 Å². The maximum Gasteiger partial charge on any atom is 0.238 e. The van der Waals surface area contributed by atoms with Crippen LogP contribution in [0.5, 0.6) is 0 Å². The third kappa shape index (κ3) is 6.10. The monoisotopic (exact) mass is 418 g/mol. The van der Waals surface area contributed by atoms with Gasteiger partial charge < -0.3 is 5.32 Å². The van der Waals surface area contributed by atoms with Crippen LogP contribution in [0.25, 0.3) is 11.3 Å². The number of anilines is 1. The van der Waals surface area contributed by atoms with Crippen molar-refractivity contribution in [2.45, 2.75) is 12.8 Å². The number of aryl methyl sites for hydroxylation is 1. The molecule has 3 aromatic rings. The first-order valence-electron chi connectivity index (χ1n) is 9.14. The Kier molecular flexibility index (Phi) is 6.95. The predicted molar refractivity (Wildman–Crippen MR) is 110 cm³/mol. The number of carbonyl (C=O) groups excluding carboxylic acids is 1. The summed E-state index contributed by atoms with van der Waals surface area (Å²) in [5.41, 5.74) is 2.64. The number of likely N-dealkylation sites (N-methyl/N-ethyl adjacent to an activating group) is 1. The fraction of sp³-hybridized carbons (Fsp3) is 0.238. The highest BCUT2D eigenvalue weighted by molar-refractivity contribution is 6.30. The second-order valence-corrected chi connectivity index (χ2v) is 7.24. The molecule has 3 rings (SSSR count). The normalized spacial score (nSPS) is 11.1. The first kappa shape index (κ1) is 21.0. The van der Waals surface area contributed by atoms with Gasteiger partial charge in [0.15, 0.2) is 0 Å². The number of aromatic nitrogens is 2. The lowest BCUT2D eigenvalue weighted by molar-refractivity contribution is -0.117. The van der Waals surface area contributed by atoms with Gasteiger partial charge in [-0.25, -0.2) is 8.78 Å². The zero-order valence-electron chi connectivity index (χ0n) is 15.9. The van der Waals surface area contributed by atoms with Crippen LogP contribution in [0, 0.1) is 11.6 Å². The molecule has 1 heterocycles. The average Bonchev–Trinajstić information content (AvgIpc) is 3.14. The van der Waals surface area contributed by atoms with Crippen molar-refractivity contribution in [1.82, 2.24) is 15.1 Å². The number of nitrogens with zero attached hydrogens (tertiary/aromatic N) is 2. The summed E-state index contributed by atoms with van der Waals surface area (Å²) in [6.45, 7) is 0.812. The van der Waals surface area contributed by atoms with E-state index in [1.807, 2.05) is 18.0 Å². The molecule has 29 heavy (non-hydrogen) atoms. The lowest BCUT2D eigenvalue weighted by Crippen LogP contribution is -2.31. The maximum absolute atomic E-state index is 13.7. The topological polar surface area (TPSA) is 61.0 Å². The number of amides is 1. The molecule has 5 nitrogen and oxygen atoms in total. The van der Waals surface area contributed by atoms with Crippen LogP contribution >= 0.6 is 11.6 Å². The van der Waals surface area contributed by atoms with Crippen molar-refractivity contribution >= 4 is 23.2 Å². The van der Waals surface area contributed by atoms with Gasteiger partial charge in [-0.15, -0.1) is 0 Å². The molecule has 0 atom stereocenters. The number of hydrogen-bond acceptors (Lipinski definition) is 3. The zero-order chi connectivity index (χ0) is 20.8. The Morgan fingerprint density at radius 1 is 1.17 bits per heavy atom. The largest absolute Gasteiger partial charge is 0.322 e. The second-order valence-electron chi connectivity index (χ2n) is 6.80. The number of hydrogen-bond donors (Lipinski definition) is 2. The van der Waals surface area contributed by atoms with E-state index in [0.717, 1.165) is 29.8 Å². The number of carbonyl (C=O) groups is 1. The first-order chi connectivity index (χ1) is 13.9. The van der Waals surface area contributed by atoms with Crippen molar-refractivity contribution < 1.29 is 13.6 Å². The van der Waals surface area contributed by atoms with Gasteiger partial charge in [0.1, 0.15) is 11.6 Å². The molecule has 0 spiro atoms. The quantitative estimate of drug-likeness (QED) is 0.565. The summed E-state index contributed by atoms with van der Waals surface area (Å²) >= 11 is 5.83. The molecular weight excluding hydrogens is 398 g/mol. The van der Waals surface area contributed by atoms with Crippen molar-refractivity contribution in [2.75, 3.05) is 25.5 Å². The van der Waals surface area contributed by atoms with E-state index in [-0.39, 0.29) is 24.0 Å². The molecule has 0 fully saturated rings. The molecule has 1 aromatic heterocycles. The van der Waals surface area contributed by atoms with Gasteiger partial charge in [-0.2, -0.15) is 5.10 Å². The highest BCUT2D eigenvalue weighted by atomic mass is 35.5. The van der Waals surface area contributed by atoms with Gasteiger partial charge in [0.25, 0.3) is 0 Å². The van der Waals surface area contributed by atoms with Crippen LogP contribution in [0.1, 0.15) is 12.1 Å². The van der Waals surface area contributed by atoms with E-state index in [1.165, 1.54) is 30.3 Å². The van der Waals surface area contributed by atoms with Crippen LogP contribution in [-0.4, -0.2) is 41.1 Å². The van der Waals surface area contributed by atoms with Crippen molar-refractivity contribution in [3.05, 3.63) is 70.9 Å². The standard InChI is InChI=1S/C21H21ClF2N4O/c1-28(13-21(29)25-20-11-15(22)6-9-18(20)24)10-2-3-17-12-19(27-26-17)14-4-7-16(23)8-5-14/h4-9,11-12H,2-3,10,13H2,1H3,(H,25,29)(H,26,27). The summed E-state index contributed by atoms with van der Waals surface area (Å²) in [5, 5.41) is 10.1. The minimum atomic E-state index is -0.526. The summed E-state index contributed by atoms with van der Waals surface area (Å²) in [6.07, 6.45) is 1.56. The average molecular weight is 419 g/mol. The molecule has 0 saturated carbocycles. The van der Waals surface area contributed by atoms with Crippen molar-refractivity contribution in [3.8, 4) is 11.3 Å². The minimum absolute atomic E-state index is 0.0710. The van der Waals surface area contributed by atoms with Crippen molar-refractivity contribution in [3.63, 3.8) is 0 Å². The van der Waals surface area contributed by atoms with Gasteiger partial charge in [-0.1, -0.05) is 11.6 Å². The maximum atomic E-state index is 13.7. The zero-order valence-corrected chi connectivity index (χ0v) is 16.6. The highest BCUT2D eigenvalue weighted by Crippen LogP contribution is 2.20. The van der Waals surface area contributed by atoms with Crippen LogP contribution in [0.15, 0.2) is 48.5 Å². The number of benzene rings is 2. The van der Waals surface area contributed by atoms with E-state index in [2.05, 4.69) is 15.5 Å². The van der Waals surface area contributed by atoms with Gasteiger partial charge in [0.2, 0.25) is 5.91 Å². The van der Waals surface area contributed by atoms with Crippen molar-refractivity contribution in [2.24, 2.45) is 0 Å². The lowest BCUT2D eigenvalue weighted by atomic mass is 10.1. The molecule has 8 heteroatoms. The molecule has 1 amide bonds. The van der Waals surface area contributed by atoms with Crippen LogP contribution < -0.4 is 5.32 Å². The Morgan fingerprint density at radius 3 is 2.69 bits per heavy atom. The SMILES string of the molecule is CN(CCCc1cc(-c2ccc(F)cc2)n[nH]1)CC(=O)Nc1cc(Cl)ccc1F. The van der Waals surface area contributed by atoms with Gasteiger partial charge in [0.05, 0.1) is 17.9 Å². The number of nitrogens with one attached hydrogen (secondary N) is 2. The Hall–Kier alpha value is -2.77. The number of H-pyrrole nitrogens is 1. The molecule has 0 aliphatic carbocycles. The third-order valence-electron chi connectivity index (χ3n) is 4.37. The summed E-state index contributed by atoms with van der Waals surface area (Å²) in [6, 6.07) is 12.1. The Balaban J connectivity index is 1.44. The third-order valence-corrected chi connectivity index (χ3v) is 4.61. The fourth-order valence-corrected chi connectivity index (χ4v) is 3.08. The van der Waals surface area contributed by atoms with Crippen LogP contribution in [0.2, 0.25) is 5.02 Å². The molecule has 0 radical (unpaired) electrons. The Bertz CT molecular complexity index is 975. The first-order valence-corrected chi connectivity index (χ1v) is 9.52. The number of halogens is 3. The smallest absolute Gasteiger partial charge is 0.238 e. The molecule has 2 aromatic carbocycles. The van der Waals surface area contributed by atoms with E-state index < -0.39 is 5.82 Å². The van der Waals surface area contributed by atoms with Crippen LogP contribution in [0.3, 0.4) is 0 Å². The molecule has 0 bridgehead atoms. The van der Waals surface area contributed by atoms with E-state index >= 15 is 0 Å². The summed E-state index contributed by atoms with van der Waals surface area (Å²) in [4.78, 5) is 14.0. The van der Waals surface area contributed by atoms with E-state index in [9.17, 15) is 13.6 Å². The molecule has 0 saturated heterocycles. The van der Waals surface area contributed by atoms with Gasteiger partial charge in [-0.3, -0.25) is 14.8 Å². The molecular formula is C21H21ClF2N4O. The van der Waals surface area contributed by atoms with Gasteiger partial charge in [-0.05, 0) is 75.0 Å². The second kappa shape index (κ2) is 9.62. The Morgan fingerprint density at radius 2 is 1.93 bits per heavy atom. The number of rotatable bonds is 8. The summed E-state index contributed by atoms with van der Waals surface area (Å²) in [7, 11) is 1.82. The summed E-state index contributed by atoms with van der Waals surface area (Å²) < 4.78 is 26.7. The molecule has 0 unspecified atom stereocenters. The fourth-order valence-electron chi connectivity index (χ4n) is 2.90. The van der Waals surface area contributed by atoms with E-state index in [1.54, 1.807) is 12.1 Å². The van der Waals surface area contributed by atoms with E-state index in [4.69, 9.17) is 11.6 Å². The van der Waals surface area contributed by atoms with Crippen LogP contribution in [0.4, 0.5) is 14.5 Å². The lowest BCUT2D eigenvalue weighted by Gasteiger charge is -2.16.